The number of carboxylic acid groups (broad SMARTS) is 1. The molecule has 3 rings (SSSR count). The fraction of sp³-hybridized carbons (Fsp3) is 0.263. The van der Waals surface area contributed by atoms with Crippen molar-refractivity contribution in [2.45, 2.75) is 18.9 Å². The van der Waals surface area contributed by atoms with Crippen LogP contribution in [-0.2, 0) is 20.6 Å². The van der Waals surface area contributed by atoms with Crippen molar-refractivity contribution in [3.05, 3.63) is 48.0 Å². The first-order valence-electron chi connectivity index (χ1n) is 8.90. The van der Waals surface area contributed by atoms with E-state index in [1.54, 1.807) is 6.07 Å². The minimum absolute atomic E-state index is 0.0785. The highest BCUT2D eigenvalue weighted by Crippen LogP contribution is 2.32. The zero-order valence-electron chi connectivity index (χ0n) is 15.4. The van der Waals surface area contributed by atoms with Gasteiger partial charge in [-0.05, 0) is 24.1 Å². The third-order valence-electron chi connectivity index (χ3n) is 4.38. The summed E-state index contributed by atoms with van der Waals surface area (Å²) >= 11 is 0. The van der Waals surface area contributed by atoms with Crippen molar-refractivity contribution in [2.75, 3.05) is 12.8 Å². The van der Waals surface area contributed by atoms with Crippen LogP contribution in [0.2, 0.25) is 0 Å². The molecule has 0 spiro atoms. The Morgan fingerprint density at radius 2 is 1.79 bits per heavy atom. The van der Waals surface area contributed by atoms with Gasteiger partial charge in [0.05, 0.1) is 18.7 Å². The Balaban J connectivity index is 1.79. The van der Waals surface area contributed by atoms with Crippen LogP contribution >= 0.6 is 7.60 Å². The van der Waals surface area contributed by atoms with Gasteiger partial charge < -0.3 is 24.6 Å². The molecule has 0 bridgehead atoms. The Bertz CT molecular complexity index is 1090. The second-order valence-electron chi connectivity index (χ2n) is 6.65. The molecular formula is C19H21N2O7P. The van der Waals surface area contributed by atoms with Gasteiger partial charge in [-0.3, -0.25) is 19.5 Å². The van der Waals surface area contributed by atoms with Crippen LogP contribution in [0, 0.1) is 0 Å². The number of aliphatic carboxylic acids is 1. The highest BCUT2D eigenvalue weighted by molar-refractivity contribution is 7.51. The molecule has 9 nitrogen and oxygen atoms in total. The number of hydrogen-bond donors (Lipinski definition) is 5. The molecule has 1 atom stereocenters. The van der Waals surface area contributed by atoms with E-state index in [0.29, 0.717) is 5.58 Å². The van der Waals surface area contributed by atoms with Crippen molar-refractivity contribution >= 4 is 41.4 Å². The van der Waals surface area contributed by atoms with Crippen molar-refractivity contribution in [3.8, 4) is 0 Å². The number of furan rings is 1. The Kier molecular flexibility index (Phi) is 6.34. The van der Waals surface area contributed by atoms with Crippen molar-refractivity contribution in [2.24, 2.45) is 0 Å². The van der Waals surface area contributed by atoms with E-state index in [2.05, 4.69) is 10.6 Å². The van der Waals surface area contributed by atoms with Crippen LogP contribution < -0.4 is 10.6 Å². The molecule has 0 radical (unpaired) electrons. The molecule has 0 unspecified atom stereocenters. The van der Waals surface area contributed by atoms with E-state index in [-0.39, 0.29) is 19.4 Å². The summed E-state index contributed by atoms with van der Waals surface area (Å²) in [6, 6.07) is 12.1. The van der Waals surface area contributed by atoms with Gasteiger partial charge in [0.2, 0.25) is 5.91 Å². The molecule has 1 heterocycles. The number of amides is 1. The number of hydrogen-bond acceptors (Lipinski definition) is 5. The van der Waals surface area contributed by atoms with E-state index in [4.69, 9.17) is 19.3 Å². The molecule has 154 valence electrons. The summed E-state index contributed by atoms with van der Waals surface area (Å²) in [5.41, 5.74) is 2.11. The molecule has 29 heavy (non-hydrogen) atoms. The minimum Gasteiger partial charge on any atom is -0.481 e. The maximum absolute atomic E-state index is 12.4. The van der Waals surface area contributed by atoms with E-state index in [9.17, 15) is 14.2 Å². The van der Waals surface area contributed by atoms with Gasteiger partial charge in [-0.25, -0.2) is 0 Å². The molecule has 0 fully saturated rings. The van der Waals surface area contributed by atoms with Gasteiger partial charge in [0.15, 0.2) is 0 Å². The van der Waals surface area contributed by atoms with Crippen LogP contribution in [0.4, 0.5) is 0 Å². The lowest BCUT2D eigenvalue weighted by atomic mass is 10.0. The summed E-state index contributed by atoms with van der Waals surface area (Å²) < 4.78 is 17.0. The molecule has 1 aromatic heterocycles. The highest BCUT2D eigenvalue weighted by atomic mass is 31.2. The quantitative estimate of drug-likeness (QED) is 0.329. The Morgan fingerprint density at radius 3 is 2.52 bits per heavy atom. The maximum atomic E-state index is 12.4. The topological polar surface area (TPSA) is 149 Å². The fourth-order valence-corrected chi connectivity index (χ4v) is 3.49. The number of rotatable bonds is 9. The second-order valence-corrected chi connectivity index (χ2v) is 8.29. The first kappa shape index (κ1) is 21.0. The molecule has 0 saturated carbocycles. The zero-order chi connectivity index (χ0) is 21.0. The lowest BCUT2D eigenvalue weighted by Crippen LogP contribution is -2.46. The lowest BCUT2D eigenvalue weighted by molar-refractivity contribution is -0.137. The molecule has 0 aliphatic carbocycles. The monoisotopic (exact) mass is 420 g/mol. The van der Waals surface area contributed by atoms with Crippen molar-refractivity contribution in [1.29, 1.82) is 0 Å². The number of carboxylic acids is 1. The van der Waals surface area contributed by atoms with Crippen LogP contribution in [0.5, 0.6) is 0 Å². The molecular weight excluding hydrogens is 399 g/mol. The van der Waals surface area contributed by atoms with E-state index >= 15 is 0 Å². The Labute approximate surface area is 165 Å². The second kappa shape index (κ2) is 8.75. The van der Waals surface area contributed by atoms with E-state index < -0.39 is 31.8 Å². The van der Waals surface area contributed by atoms with Crippen molar-refractivity contribution in [1.82, 2.24) is 10.6 Å². The third kappa shape index (κ3) is 5.65. The number of nitrogens with one attached hydrogen (secondary N) is 2. The predicted molar refractivity (Wildman–Crippen MR) is 107 cm³/mol. The number of fused-ring (bicyclic) bond motifs is 3. The number of carbonyl (C=O) groups excluding carboxylic acids is 1. The lowest BCUT2D eigenvalue weighted by Gasteiger charge is -2.19. The molecule has 1 amide bonds. The van der Waals surface area contributed by atoms with E-state index in [1.165, 1.54) is 0 Å². The first-order chi connectivity index (χ1) is 13.7. The number of carbonyl (C=O) groups is 2. The average Bonchev–Trinajstić information content (AvgIpc) is 3.01. The van der Waals surface area contributed by atoms with E-state index in [0.717, 1.165) is 21.9 Å². The summed E-state index contributed by atoms with van der Waals surface area (Å²) in [5, 5.41) is 15.6. The Morgan fingerprint density at radius 1 is 1.07 bits per heavy atom. The van der Waals surface area contributed by atoms with Crippen molar-refractivity contribution in [3.63, 3.8) is 0 Å². The van der Waals surface area contributed by atoms with Gasteiger partial charge in [-0.2, -0.15) is 0 Å². The van der Waals surface area contributed by atoms with Crippen LogP contribution in [0.15, 0.2) is 46.9 Å². The molecule has 10 heteroatoms. The van der Waals surface area contributed by atoms with Crippen LogP contribution in [-0.4, -0.2) is 45.6 Å². The highest BCUT2D eigenvalue weighted by Gasteiger charge is 2.23. The fourth-order valence-electron chi connectivity index (χ4n) is 3.04. The zero-order valence-corrected chi connectivity index (χ0v) is 16.3. The largest absolute Gasteiger partial charge is 0.481 e. The van der Waals surface area contributed by atoms with Gasteiger partial charge >= 0.3 is 13.6 Å². The maximum Gasteiger partial charge on any atom is 0.339 e. The van der Waals surface area contributed by atoms with Crippen molar-refractivity contribution < 1.29 is 33.5 Å². The summed E-state index contributed by atoms with van der Waals surface area (Å²) in [4.78, 5) is 41.2. The summed E-state index contributed by atoms with van der Waals surface area (Å²) in [7, 11) is -4.37. The molecule has 2 aromatic carbocycles. The summed E-state index contributed by atoms with van der Waals surface area (Å²) in [6.07, 6.45) is -0.773. The van der Waals surface area contributed by atoms with Crippen LogP contribution in [0.25, 0.3) is 21.9 Å². The first-order valence-corrected chi connectivity index (χ1v) is 10.7. The predicted octanol–water partition coefficient (Wildman–Crippen LogP) is 1.81. The summed E-state index contributed by atoms with van der Waals surface area (Å²) in [5.74, 6) is -1.59. The molecule has 0 aliphatic rings. The van der Waals surface area contributed by atoms with Gasteiger partial charge in [0.25, 0.3) is 0 Å². The van der Waals surface area contributed by atoms with Gasteiger partial charge in [0.1, 0.15) is 11.2 Å². The normalized spacial score (nSPS) is 12.9. The van der Waals surface area contributed by atoms with Crippen LogP contribution in [0.3, 0.4) is 0 Å². The third-order valence-corrected chi connectivity index (χ3v) is 4.98. The van der Waals surface area contributed by atoms with Gasteiger partial charge in [-0.15, -0.1) is 0 Å². The summed E-state index contributed by atoms with van der Waals surface area (Å²) in [6.45, 7) is -0.0785. The van der Waals surface area contributed by atoms with E-state index in [1.807, 2.05) is 36.4 Å². The number of benzene rings is 2. The van der Waals surface area contributed by atoms with Gasteiger partial charge in [0, 0.05) is 17.3 Å². The van der Waals surface area contributed by atoms with Gasteiger partial charge in [-0.1, -0.05) is 30.3 Å². The molecule has 0 aliphatic heterocycles. The average molecular weight is 420 g/mol. The Hall–Kier alpha value is -2.71. The molecule has 5 N–H and O–H groups in total. The van der Waals surface area contributed by atoms with Crippen LogP contribution in [0.1, 0.15) is 12.0 Å². The standard InChI is InChI=1S/C19H21N2O7P/c22-18(23)7-8-20-19(24)15(21-11-29(25,26)27)9-12-5-6-14-13-3-1-2-4-16(13)28-17(14)10-12/h1-6,10,15,21H,7-9,11H2,(H,20,24)(H,22,23)(H2,25,26,27)/t15-/m0/s1. The SMILES string of the molecule is O=C(O)CCNC(=O)[C@H](Cc1ccc2c(c1)oc1ccccc12)NCP(=O)(O)O. The molecule has 3 aromatic rings. The minimum atomic E-state index is -4.37. The smallest absolute Gasteiger partial charge is 0.339 e. The number of para-hydroxylation sites is 1. The molecule has 0 saturated heterocycles.